The van der Waals surface area contributed by atoms with Crippen LogP contribution in [0.15, 0.2) is 48.5 Å². The number of hydrogen-bond donors (Lipinski definition) is 2. The third-order valence-corrected chi connectivity index (χ3v) is 2.97. The van der Waals surface area contributed by atoms with Crippen LogP contribution in [0.4, 0.5) is 4.39 Å². The summed E-state index contributed by atoms with van der Waals surface area (Å²) in [4.78, 5) is 10.2. The van der Waals surface area contributed by atoms with E-state index in [1.807, 2.05) is 30.3 Å². The van der Waals surface area contributed by atoms with Crippen molar-refractivity contribution in [2.75, 3.05) is 6.54 Å². The maximum atomic E-state index is 13.7. The fourth-order valence-electron chi connectivity index (χ4n) is 1.85. The van der Waals surface area contributed by atoms with Gasteiger partial charge in [0.2, 0.25) is 6.41 Å². The molecule has 5 heteroatoms. The van der Waals surface area contributed by atoms with E-state index in [4.69, 9.17) is 4.74 Å². The van der Waals surface area contributed by atoms with E-state index in [2.05, 4.69) is 5.32 Å². The number of aliphatic hydroxyl groups excluding tert-OH is 1. The Morgan fingerprint density at radius 1 is 1.24 bits per heavy atom. The minimum absolute atomic E-state index is 0.0628. The van der Waals surface area contributed by atoms with Gasteiger partial charge in [0.1, 0.15) is 6.61 Å². The minimum Gasteiger partial charge on any atom is -0.486 e. The van der Waals surface area contributed by atoms with Gasteiger partial charge in [-0.25, -0.2) is 4.39 Å². The van der Waals surface area contributed by atoms with E-state index in [-0.39, 0.29) is 18.9 Å². The van der Waals surface area contributed by atoms with Crippen molar-refractivity contribution < 1.29 is 19.0 Å². The van der Waals surface area contributed by atoms with Crippen LogP contribution in [-0.2, 0) is 11.4 Å². The number of rotatable bonds is 7. The van der Waals surface area contributed by atoms with Gasteiger partial charge in [-0.2, -0.15) is 0 Å². The highest BCUT2D eigenvalue weighted by molar-refractivity contribution is 5.46. The number of benzene rings is 2. The maximum absolute atomic E-state index is 13.7. The van der Waals surface area contributed by atoms with E-state index in [9.17, 15) is 14.3 Å². The van der Waals surface area contributed by atoms with Crippen LogP contribution < -0.4 is 10.1 Å². The van der Waals surface area contributed by atoms with Gasteiger partial charge in [-0.1, -0.05) is 36.4 Å². The zero-order chi connectivity index (χ0) is 15.1. The van der Waals surface area contributed by atoms with E-state index < -0.39 is 11.9 Å². The van der Waals surface area contributed by atoms with Crippen molar-refractivity contribution in [3.63, 3.8) is 0 Å². The van der Waals surface area contributed by atoms with Crippen LogP contribution in [0.1, 0.15) is 17.2 Å². The van der Waals surface area contributed by atoms with Gasteiger partial charge in [-0.15, -0.1) is 0 Å². The highest BCUT2D eigenvalue weighted by Crippen LogP contribution is 2.23. The van der Waals surface area contributed by atoms with Crippen LogP contribution in [0.25, 0.3) is 0 Å². The average Bonchev–Trinajstić information content (AvgIpc) is 2.52. The Bertz CT molecular complexity index is 589. The first-order valence-electron chi connectivity index (χ1n) is 6.52. The molecule has 0 radical (unpaired) electrons. The van der Waals surface area contributed by atoms with Gasteiger partial charge in [-0.3, -0.25) is 4.79 Å². The molecule has 2 aromatic carbocycles. The second kappa shape index (κ2) is 7.40. The number of carbonyl (C=O) groups is 1. The first-order valence-corrected chi connectivity index (χ1v) is 6.52. The molecule has 0 spiro atoms. The van der Waals surface area contributed by atoms with Crippen LogP contribution in [0, 0.1) is 5.82 Å². The third-order valence-electron chi connectivity index (χ3n) is 2.97. The Labute approximate surface area is 122 Å². The molecular formula is C16H16FNO3. The van der Waals surface area contributed by atoms with Crippen molar-refractivity contribution in [2.45, 2.75) is 12.7 Å². The van der Waals surface area contributed by atoms with Crippen molar-refractivity contribution in [1.82, 2.24) is 5.32 Å². The quantitative estimate of drug-likeness (QED) is 0.768. The van der Waals surface area contributed by atoms with Crippen LogP contribution in [-0.4, -0.2) is 18.1 Å². The van der Waals surface area contributed by atoms with E-state index in [1.54, 1.807) is 0 Å². The summed E-state index contributed by atoms with van der Waals surface area (Å²) in [5, 5.41) is 12.2. The fourth-order valence-corrected chi connectivity index (χ4v) is 1.85. The topological polar surface area (TPSA) is 58.6 Å². The van der Waals surface area contributed by atoms with Crippen LogP contribution in [0.2, 0.25) is 0 Å². The summed E-state index contributed by atoms with van der Waals surface area (Å²) in [7, 11) is 0. The molecule has 0 heterocycles. The lowest BCUT2D eigenvalue weighted by Gasteiger charge is -2.13. The molecule has 1 unspecified atom stereocenters. The van der Waals surface area contributed by atoms with Crippen molar-refractivity contribution in [1.29, 1.82) is 0 Å². The number of carbonyl (C=O) groups excluding carboxylic acids is 1. The fraction of sp³-hybridized carbons (Fsp3) is 0.188. The molecule has 0 saturated heterocycles. The summed E-state index contributed by atoms with van der Waals surface area (Å²) >= 11 is 0. The molecule has 21 heavy (non-hydrogen) atoms. The first kappa shape index (κ1) is 15.0. The minimum atomic E-state index is -0.908. The molecule has 0 aromatic heterocycles. The molecule has 0 saturated carbocycles. The van der Waals surface area contributed by atoms with Gasteiger partial charge >= 0.3 is 0 Å². The van der Waals surface area contributed by atoms with E-state index in [1.165, 1.54) is 18.2 Å². The van der Waals surface area contributed by atoms with Gasteiger partial charge in [0.15, 0.2) is 11.6 Å². The monoisotopic (exact) mass is 289 g/mol. The summed E-state index contributed by atoms with van der Waals surface area (Å²) in [6.07, 6.45) is -0.408. The summed E-state index contributed by atoms with van der Waals surface area (Å²) in [6, 6.07) is 13.5. The molecule has 0 fully saturated rings. The molecular weight excluding hydrogens is 273 g/mol. The molecule has 0 bridgehead atoms. The van der Waals surface area contributed by atoms with Crippen LogP contribution in [0.3, 0.4) is 0 Å². The Balaban J connectivity index is 2.06. The zero-order valence-electron chi connectivity index (χ0n) is 11.3. The summed E-state index contributed by atoms with van der Waals surface area (Å²) in [6.45, 7) is 0.303. The van der Waals surface area contributed by atoms with E-state index in [0.717, 1.165) is 5.56 Å². The molecule has 1 atom stereocenters. The second-order valence-corrected chi connectivity index (χ2v) is 4.51. The lowest BCUT2D eigenvalue weighted by Crippen LogP contribution is -2.19. The molecule has 110 valence electrons. The highest BCUT2D eigenvalue weighted by atomic mass is 19.1. The highest BCUT2D eigenvalue weighted by Gasteiger charge is 2.11. The predicted molar refractivity (Wildman–Crippen MR) is 76.2 cm³/mol. The number of aliphatic hydroxyl groups is 1. The van der Waals surface area contributed by atoms with Gasteiger partial charge < -0.3 is 15.2 Å². The molecule has 0 aliphatic heterocycles. The van der Waals surface area contributed by atoms with Gasteiger partial charge in [-0.05, 0) is 23.3 Å². The van der Waals surface area contributed by atoms with E-state index >= 15 is 0 Å². The van der Waals surface area contributed by atoms with Gasteiger partial charge in [0.25, 0.3) is 0 Å². The van der Waals surface area contributed by atoms with Crippen molar-refractivity contribution >= 4 is 6.41 Å². The van der Waals surface area contributed by atoms with Gasteiger partial charge in [0, 0.05) is 6.54 Å². The SMILES string of the molecule is O=CNCC(O)c1ccc(F)c(OCc2ccccc2)c1. The lowest BCUT2D eigenvalue weighted by molar-refractivity contribution is -0.109. The van der Waals surface area contributed by atoms with Crippen LogP contribution in [0.5, 0.6) is 5.75 Å². The maximum Gasteiger partial charge on any atom is 0.207 e. The summed E-state index contributed by atoms with van der Waals surface area (Å²) < 4.78 is 19.2. The lowest BCUT2D eigenvalue weighted by atomic mass is 10.1. The number of halogens is 1. The standard InChI is InChI=1S/C16H16FNO3/c17-14-7-6-13(15(20)9-18-11-19)8-16(14)21-10-12-4-2-1-3-5-12/h1-8,11,15,20H,9-10H2,(H,18,19). The number of ether oxygens (including phenoxy) is 1. The summed E-state index contributed by atoms with van der Waals surface area (Å²) in [5.74, 6) is -0.424. The third kappa shape index (κ3) is 4.29. The zero-order valence-corrected chi connectivity index (χ0v) is 11.3. The van der Waals surface area contributed by atoms with Crippen molar-refractivity contribution in [2.24, 2.45) is 0 Å². The first-order chi connectivity index (χ1) is 10.2. The smallest absolute Gasteiger partial charge is 0.207 e. The average molecular weight is 289 g/mol. The largest absolute Gasteiger partial charge is 0.486 e. The number of hydrogen-bond acceptors (Lipinski definition) is 3. The Kier molecular flexibility index (Phi) is 5.29. The van der Waals surface area contributed by atoms with E-state index in [0.29, 0.717) is 12.0 Å². The number of nitrogens with one attached hydrogen (secondary N) is 1. The van der Waals surface area contributed by atoms with Gasteiger partial charge in [0.05, 0.1) is 6.10 Å². The second-order valence-electron chi connectivity index (χ2n) is 4.51. The Hall–Kier alpha value is -2.40. The van der Waals surface area contributed by atoms with Crippen molar-refractivity contribution in [3.05, 3.63) is 65.5 Å². The molecule has 4 nitrogen and oxygen atoms in total. The molecule has 2 N–H and O–H groups in total. The molecule has 0 aliphatic rings. The normalized spacial score (nSPS) is 11.7. The Morgan fingerprint density at radius 3 is 2.71 bits per heavy atom. The van der Waals surface area contributed by atoms with Crippen molar-refractivity contribution in [3.8, 4) is 5.75 Å². The predicted octanol–water partition coefficient (Wildman–Crippen LogP) is 2.18. The molecule has 2 aromatic rings. The Morgan fingerprint density at radius 2 is 2.00 bits per heavy atom. The molecule has 2 rings (SSSR count). The molecule has 0 aliphatic carbocycles. The molecule has 1 amide bonds. The number of amides is 1. The van der Waals surface area contributed by atoms with Crippen LogP contribution >= 0.6 is 0 Å². The summed E-state index contributed by atoms with van der Waals surface area (Å²) in [5.41, 5.74) is 1.40.